The number of carbonyl (C=O) groups is 1. The molecule has 1 aromatic carbocycles. The maximum atomic E-state index is 12.4. The van der Waals surface area contributed by atoms with Gasteiger partial charge in [0.05, 0.1) is 4.92 Å². The molecule has 0 aliphatic carbocycles. The Hall–Kier alpha value is -1.66. The molecule has 2 rings (SSSR count). The number of piperidine rings is 1. The number of amides is 1. The standard InChI is InChI=1S/C17H24ClN3O3/c1-12-5-4-8-20(10-12)17(2,3)11-19-16(22)14-7-6-13(18)9-15(14)21(23)24/h6-7,9,12H,4-5,8,10-11H2,1-3H3,(H,19,22). The van der Waals surface area contributed by atoms with E-state index >= 15 is 0 Å². The number of nitro groups is 1. The fraction of sp³-hybridized carbons (Fsp3) is 0.588. The lowest BCUT2D eigenvalue weighted by molar-refractivity contribution is -0.385. The summed E-state index contributed by atoms with van der Waals surface area (Å²) in [7, 11) is 0. The molecule has 1 fully saturated rings. The molecule has 0 bridgehead atoms. The number of hydrogen-bond acceptors (Lipinski definition) is 4. The number of carbonyl (C=O) groups excluding carboxylic acids is 1. The molecular formula is C17H24ClN3O3. The summed E-state index contributed by atoms with van der Waals surface area (Å²) in [5.41, 5.74) is -0.442. The molecule has 1 aliphatic rings. The monoisotopic (exact) mass is 353 g/mol. The molecule has 0 aromatic heterocycles. The van der Waals surface area contributed by atoms with E-state index < -0.39 is 10.8 Å². The third-order valence-corrected chi connectivity index (χ3v) is 4.83. The summed E-state index contributed by atoms with van der Waals surface area (Å²) < 4.78 is 0. The van der Waals surface area contributed by atoms with Gasteiger partial charge in [-0.15, -0.1) is 0 Å². The van der Waals surface area contributed by atoms with Crippen molar-refractivity contribution in [2.75, 3.05) is 19.6 Å². The van der Waals surface area contributed by atoms with E-state index in [9.17, 15) is 14.9 Å². The molecule has 1 heterocycles. The molecule has 0 saturated carbocycles. The minimum absolute atomic E-state index is 0.0345. The zero-order valence-electron chi connectivity index (χ0n) is 14.3. The first-order chi connectivity index (χ1) is 11.2. The average Bonchev–Trinajstić information content (AvgIpc) is 2.52. The zero-order chi connectivity index (χ0) is 17.9. The van der Waals surface area contributed by atoms with Crippen LogP contribution in [0.5, 0.6) is 0 Å². The largest absolute Gasteiger partial charge is 0.350 e. The van der Waals surface area contributed by atoms with E-state index in [4.69, 9.17) is 11.6 Å². The van der Waals surface area contributed by atoms with Crippen molar-refractivity contribution in [3.05, 3.63) is 38.9 Å². The molecule has 0 spiro atoms. The van der Waals surface area contributed by atoms with Crippen LogP contribution in [0.15, 0.2) is 18.2 Å². The number of rotatable bonds is 5. The molecule has 24 heavy (non-hydrogen) atoms. The minimum atomic E-state index is -0.585. The van der Waals surface area contributed by atoms with Gasteiger partial charge in [-0.2, -0.15) is 0 Å². The fourth-order valence-corrected chi connectivity index (χ4v) is 3.26. The van der Waals surface area contributed by atoms with Gasteiger partial charge in [0.1, 0.15) is 5.56 Å². The van der Waals surface area contributed by atoms with Crippen molar-refractivity contribution in [2.45, 2.75) is 39.2 Å². The van der Waals surface area contributed by atoms with Gasteiger partial charge >= 0.3 is 0 Å². The molecule has 0 radical (unpaired) electrons. The van der Waals surface area contributed by atoms with Crippen LogP contribution in [0.4, 0.5) is 5.69 Å². The Morgan fingerprint density at radius 2 is 2.21 bits per heavy atom. The van der Waals surface area contributed by atoms with Crippen molar-refractivity contribution in [3.63, 3.8) is 0 Å². The second-order valence-electron chi connectivity index (χ2n) is 7.11. The normalized spacial score (nSPS) is 19.1. The molecule has 1 atom stereocenters. The Kier molecular flexibility index (Phi) is 5.83. The van der Waals surface area contributed by atoms with Crippen LogP contribution >= 0.6 is 11.6 Å². The summed E-state index contributed by atoms with van der Waals surface area (Å²) in [5.74, 6) is 0.197. The van der Waals surface area contributed by atoms with Crippen LogP contribution in [0.2, 0.25) is 5.02 Å². The predicted octanol–water partition coefficient (Wildman–Crippen LogP) is 3.49. The molecule has 1 aliphatic heterocycles. The first-order valence-electron chi connectivity index (χ1n) is 8.18. The van der Waals surface area contributed by atoms with Crippen molar-refractivity contribution in [1.29, 1.82) is 0 Å². The van der Waals surface area contributed by atoms with Gasteiger partial charge in [-0.05, 0) is 51.3 Å². The van der Waals surface area contributed by atoms with Gasteiger partial charge in [0, 0.05) is 29.7 Å². The van der Waals surface area contributed by atoms with Crippen molar-refractivity contribution < 1.29 is 9.72 Å². The van der Waals surface area contributed by atoms with Crippen LogP contribution < -0.4 is 5.32 Å². The number of hydrogen-bond donors (Lipinski definition) is 1. The molecular weight excluding hydrogens is 330 g/mol. The summed E-state index contributed by atoms with van der Waals surface area (Å²) in [6.45, 7) is 8.84. The topological polar surface area (TPSA) is 75.5 Å². The predicted molar refractivity (Wildman–Crippen MR) is 94.5 cm³/mol. The Labute approximate surface area is 147 Å². The van der Waals surface area contributed by atoms with E-state index in [0.717, 1.165) is 19.5 Å². The summed E-state index contributed by atoms with van der Waals surface area (Å²) in [6, 6.07) is 4.08. The Bertz CT molecular complexity index is 634. The van der Waals surface area contributed by atoms with Crippen molar-refractivity contribution in [2.24, 2.45) is 5.92 Å². The zero-order valence-corrected chi connectivity index (χ0v) is 15.1. The highest BCUT2D eigenvalue weighted by atomic mass is 35.5. The molecule has 1 unspecified atom stereocenters. The van der Waals surface area contributed by atoms with Gasteiger partial charge in [0.2, 0.25) is 0 Å². The number of nitrogens with zero attached hydrogens (tertiary/aromatic N) is 2. The number of likely N-dealkylation sites (tertiary alicyclic amines) is 1. The van der Waals surface area contributed by atoms with Crippen molar-refractivity contribution >= 4 is 23.2 Å². The second-order valence-corrected chi connectivity index (χ2v) is 7.54. The smallest absolute Gasteiger partial charge is 0.283 e. The molecule has 7 heteroatoms. The Morgan fingerprint density at radius 1 is 1.50 bits per heavy atom. The van der Waals surface area contributed by atoms with Gasteiger partial charge in [-0.25, -0.2) is 0 Å². The molecule has 1 amide bonds. The van der Waals surface area contributed by atoms with Crippen LogP contribution in [0.3, 0.4) is 0 Å². The van der Waals surface area contributed by atoms with Gasteiger partial charge < -0.3 is 5.32 Å². The molecule has 132 valence electrons. The highest BCUT2D eigenvalue weighted by Gasteiger charge is 2.31. The van der Waals surface area contributed by atoms with Gasteiger partial charge in [-0.1, -0.05) is 18.5 Å². The lowest BCUT2D eigenvalue weighted by Crippen LogP contribution is -2.54. The summed E-state index contributed by atoms with van der Waals surface area (Å²) in [4.78, 5) is 25.3. The summed E-state index contributed by atoms with van der Waals surface area (Å²) in [6.07, 6.45) is 2.39. The van der Waals surface area contributed by atoms with Gasteiger partial charge in [-0.3, -0.25) is 19.8 Å². The number of halogens is 1. The molecule has 1 N–H and O–H groups in total. The SMILES string of the molecule is CC1CCCN(C(C)(C)CNC(=O)c2ccc(Cl)cc2[N+](=O)[O-])C1. The van der Waals surface area contributed by atoms with E-state index in [1.54, 1.807) is 0 Å². The Morgan fingerprint density at radius 3 is 2.83 bits per heavy atom. The lowest BCUT2D eigenvalue weighted by atomic mass is 9.93. The van der Waals surface area contributed by atoms with E-state index in [-0.39, 0.29) is 21.8 Å². The number of nitrogens with one attached hydrogen (secondary N) is 1. The number of nitro benzene ring substituents is 1. The van der Waals surface area contributed by atoms with Crippen molar-refractivity contribution in [3.8, 4) is 0 Å². The Balaban J connectivity index is 2.06. The maximum Gasteiger partial charge on any atom is 0.283 e. The summed E-state index contributed by atoms with van der Waals surface area (Å²) in [5, 5.41) is 14.2. The lowest BCUT2D eigenvalue weighted by Gasteiger charge is -2.43. The number of benzene rings is 1. The molecule has 1 saturated heterocycles. The van der Waals surface area contributed by atoms with E-state index in [2.05, 4.69) is 31.0 Å². The van der Waals surface area contributed by atoms with Crippen LogP contribution in [0.1, 0.15) is 44.0 Å². The van der Waals surface area contributed by atoms with Crippen LogP contribution in [-0.4, -0.2) is 40.9 Å². The summed E-state index contributed by atoms with van der Waals surface area (Å²) >= 11 is 5.79. The van der Waals surface area contributed by atoms with E-state index in [0.29, 0.717) is 12.5 Å². The van der Waals surface area contributed by atoms with Crippen LogP contribution in [0, 0.1) is 16.0 Å². The van der Waals surface area contributed by atoms with Gasteiger partial charge in [0.15, 0.2) is 0 Å². The average molecular weight is 354 g/mol. The fourth-order valence-electron chi connectivity index (χ4n) is 3.09. The molecule has 1 aromatic rings. The third-order valence-electron chi connectivity index (χ3n) is 4.60. The van der Waals surface area contributed by atoms with Crippen LogP contribution in [-0.2, 0) is 0 Å². The maximum absolute atomic E-state index is 12.4. The van der Waals surface area contributed by atoms with Gasteiger partial charge in [0.25, 0.3) is 11.6 Å². The minimum Gasteiger partial charge on any atom is -0.350 e. The highest BCUT2D eigenvalue weighted by molar-refractivity contribution is 6.31. The van der Waals surface area contributed by atoms with E-state index in [1.807, 2.05) is 0 Å². The van der Waals surface area contributed by atoms with E-state index in [1.165, 1.54) is 24.6 Å². The molecule has 6 nitrogen and oxygen atoms in total. The first-order valence-corrected chi connectivity index (χ1v) is 8.55. The van der Waals surface area contributed by atoms with Crippen molar-refractivity contribution in [1.82, 2.24) is 10.2 Å². The highest BCUT2D eigenvalue weighted by Crippen LogP contribution is 2.25. The van der Waals surface area contributed by atoms with Crippen LogP contribution in [0.25, 0.3) is 0 Å². The third kappa shape index (κ3) is 4.45. The second kappa shape index (κ2) is 7.49. The first kappa shape index (κ1) is 18.7. The quantitative estimate of drug-likeness (QED) is 0.649.